The molecule has 3 aromatic heterocycles. The first-order valence-electron chi connectivity index (χ1n) is 16.4. The number of benzene rings is 2. The summed E-state index contributed by atoms with van der Waals surface area (Å²) >= 11 is 0. The van der Waals surface area contributed by atoms with Crippen molar-refractivity contribution in [2.45, 2.75) is 58.3 Å². The van der Waals surface area contributed by atoms with Gasteiger partial charge < -0.3 is 19.7 Å². The first-order valence-corrected chi connectivity index (χ1v) is 16.4. The Balaban J connectivity index is 1.47. The van der Waals surface area contributed by atoms with Crippen molar-refractivity contribution in [1.82, 2.24) is 29.6 Å². The molecule has 5 aromatic rings. The summed E-state index contributed by atoms with van der Waals surface area (Å²) < 4.78 is 23.7. The van der Waals surface area contributed by atoms with E-state index in [1.165, 1.54) is 6.07 Å². The molecule has 6 rings (SSSR count). The Morgan fingerprint density at radius 1 is 1.08 bits per heavy atom. The van der Waals surface area contributed by atoms with Gasteiger partial charge in [-0.25, -0.2) is 18.9 Å². The van der Waals surface area contributed by atoms with E-state index in [4.69, 9.17) is 14.8 Å². The summed E-state index contributed by atoms with van der Waals surface area (Å²) in [6, 6.07) is 14.3. The summed E-state index contributed by atoms with van der Waals surface area (Å²) in [7, 11) is 3.60. The number of likely N-dealkylation sites (N-methyl/N-ethyl adjacent to an activating group) is 1. The van der Waals surface area contributed by atoms with Crippen LogP contribution in [0.2, 0.25) is 0 Å². The van der Waals surface area contributed by atoms with Gasteiger partial charge in [0.1, 0.15) is 11.4 Å². The van der Waals surface area contributed by atoms with Gasteiger partial charge >= 0.3 is 5.97 Å². The molecule has 4 heterocycles. The van der Waals surface area contributed by atoms with E-state index in [1.54, 1.807) is 47.2 Å². The average molecular weight is 665 g/mol. The summed E-state index contributed by atoms with van der Waals surface area (Å²) in [5, 5.41) is 14.8. The number of halogens is 1. The topological polar surface area (TPSA) is 126 Å². The van der Waals surface area contributed by atoms with Crippen molar-refractivity contribution in [2.75, 3.05) is 13.6 Å². The number of H-pyrrole nitrogens is 1. The highest BCUT2D eigenvalue weighted by Gasteiger charge is 2.35. The number of carboxylic acids is 1. The lowest BCUT2D eigenvalue weighted by molar-refractivity contribution is -0.131. The number of fused-ring (bicyclic) bond motifs is 8. The lowest BCUT2D eigenvalue weighted by Gasteiger charge is -2.32. The zero-order valence-electron chi connectivity index (χ0n) is 28.5. The SMILES string of the molecule is CN1CC(C)(C)CCCC[C@](C)(c2cccc(/C=C/C(=O)O)c2)c2nc(n(C)n2)-c2cc(ccn2)Oc2c(F)cc3[nH]ccc3c2CC1=O. The van der Waals surface area contributed by atoms with E-state index in [0.29, 0.717) is 40.7 Å². The highest BCUT2D eigenvalue weighted by molar-refractivity contribution is 5.91. The molecule has 0 spiro atoms. The highest BCUT2D eigenvalue weighted by atomic mass is 19.1. The summed E-state index contributed by atoms with van der Waals surface area (Å²) in [4.78, 5) is 39.3. The Morgan fingerprint density at radius 3 is 2.67 bits per heavy atom. The molecule has 0 fully saturated rings. The van der Waals surface area contributed by atoms with Crippen LogP contribution in [0, 0.1) is 11.2 Å². The zero-order chi connectivity index (χ0) is 34.9. The minimum Gasteiger partial charge on any atom is -0.478 e. The van der Waals surface area contributed by atoms with Gasteiger partial charge in [-0.3, -0.25) is 9.78 Å². The number of aromatic nitrogens is 5. The summed E-state index contributed by atoms with van der Waals surface area (Å²) in [5.74, 6) is -0.289. The Labute approximate surface area is 284 Å². The normalized spacial score (nSPS) is 18.8. The molecule has 1 atom stereocenters. The van der Waals surface area contributed by atoms with Crippen LogP contribution >= 0.6 is 0 Å². The second kappa shape index (κ2) is 13.3. The van der Waals surface area contributed by atoms with E-state index < -0.39 is 17.2 Å². The van der Waals surface area contributed by atoms with E-state index in [1.807, 2.05) is 37.4 Å². The largest absolute Gasteiger partial charge is 0.478 e. The van der Waals surface area contributed by atoms with E-state index in [2.05, 4.69) is 30.7 Å². The third kappa shape index (κ3) is 7.11. The molecule has 2 N–H and O–H groups in total. The molecule has 49 heavy (non-hydrogen) atoms. The van der Waals surface area contributed by atoms with Crippen LogP contribution in [0.3, 0.4) is 0 Å². The van der Waals surface area contributed by atoms with Crippen molar-refractivity contribution >= 4 is 28.9 Å². The third-order valence-electron chi connectivity index (χ3n) is 9.44. The summed E-state index contributed by atoms with van der Waals surface area (Å²) in [5.41, 5.74) is 2.46. The maximum absolute atomic E-state index is 15.7. The van der Waals surface area contributed by atoms with Gasteiger partial charge in [0.25, 0.3) is 0 Å². The van der Waals surface area contributed by atoms with Crippen molar-refractivity contribution in [3.8, 4) is 23.0 Å². The smallest absolute Gasteiger partial charge is 0.328 e. The number of ether oxygens (including phenoxy) is 1. The van der Waals surface area contributed by atoms with E-state index in [0.717, 1.165) is 48.3 Å². The van der Waals surface area contributed by atoms with Crippen LogP contribution in [-0.2, 0) is 28.5 Å². The number of carbonyl (C=O) groups excluding carboxylic acids is 1. The number of amides is 1. The number of pyridine rings is 1. The van der Waals surface area contributed by atoms with E-state index in [9.17, 15) is 14.7 Å². The van der Waals surface area contributed by atoms with Gasteiger partial charge in [-0.15, -0.1) is 0 Å². The zero-order valence-corrected chi connectivity index (χ0v) is 28.5. The van der Waals surface area contributed by atoms with Crippen molar-refractivity contribution in [2.24, 2.45) is 12.5 Å². The molecule has 2 aromatic carbocycles. The van der Waals surface area contributed by atoms with Gasteiger partial charge in [-0.2, -0.15) is 5.10 Å². The second-order valence-corrected chi connectivity index (χ2v) is 13.9. The number of carboxylic acid groups (broad SMARTS) is 1. The van der Waals surface area contributed by atoms with Crippen LogP contribution < -0.4 is 4.74 Å². The van der Waals surface area contributed by atoms with Gasteiger partial charge in [0.05, 0.1) is 11.8 Å². The number of carbonyl (C=O) groups is 2. The van der Waals surface area contributed by atoms with Crippen molar-refractivity contribution in [3.05, 3.63) is 95.3 Å². The highest BCUT2D eigenvalue weighted by Crippen LogP contribution is 2.39. The molecule has 0 saturated heterocycles. The predicted molar refractivity (Wildman–Crippen MR) is 186 cm³/mol. The first-order chi connectivity index (χ1) is 23.3. The van der Waals surface area contributed by atoms with Crippen LogP contribution in [0.1, 0.15) is 69.0 Å². The number of nitrogens with zero attached hydrogens (tertiary/aromatic N) is 5. The molecule has 11 heteroatoms. The van der Waals surface area contributed by atoms with E-state index in [-0.39, 0.29) is 23.5 Å². The Morgan fingerprint density at radius 2 is 1.88 bits per heavy atom. The number of hydrogen-bond acceptors (Lipinski definition) is 6. The molecule has 0 saturated carbocycles. The Kier molecular flexibility index (Phi) is 9.11. The molecule has 0 aliphatic carbocycles. The van der Waals surface area contributed by atoms with E-state index >= 15 is 4.39 Å². The Bertz CT molecular complexity index is 2060. The summed E-state index contributed by atoms with van der Waals surface area (Å²) in [6.07, 6.45) is 9.33. The van der Waals surface area contributed by atoms with Crippen LogP contribution in [0.25, 0.3) is 28.5 Å². The number of aliphatic carboxylic acids is 1. The summed E-state index contributed by atoms with van der Waals surface area (Å²) in [6.45, 7) is 6.96. The number of nitrogens with one attached hydrogen (secondary N) is 1. The molecule has 4 bridgehead atoms. The maximum Gasteiger partial charge on any atom is 0.328 e. The van der Waals surface area contributed by atoms with Crippen molar-refractivity contribution in [1.29, 1.82) is 0 Å². The van der Waals surface area contributed by atoms with Crippen molar-refractivity contribution < 1.29 is 23.8 Å². The lowest BCUT2D eigenvalue weighted by atomic mass is 9.76. The molecular formula is C38H41FN6O4. The number of hydrogen-bond donors (Lipinski definition) is 2. The van der Waals surface area contributed by atoms with Crippen LogP contribution in [0.5, 0.6) is 11.5 Å². The van der Waals surface area contributed by atoms with Crippen LogP contribution in [-0.4, -0.2) is 60.2 Å². The third-order valence-corrected chi connectivity index (χ3v) is 9.44. The van der Waals surface area contributed by atoms with Crippen LogP contribution in [0.15, 0.2) is 67.0 Å². The van der Waals surface area contributed by atoms with Crippen molar-refractivity contribution in [3.63, 3.8) is 0 Å². The monoisotopic (exact) mass is 664 g/mol. The predicted octanol–water partition coefficient (Wildman–Crippen LogP) is 7.29. The van der Waals surface area contributed by atoms with Crippen LogP contribution in [0.4, 0.5) is 4.39 Å². The molecule has 0 unspecified atom stereocenters. The van der Waals surface area contributed by atoms with Gasteiger partial charge in [-0.05, 0) is 54.5 Å². The standard InChI is InChI=1S/C38H41FN6O4/c1-37(2)15-6-7-16-38(3,25-10-8-9-24(19-25)11-12-33(47)48)36-42-35(45(5)43-36)31-20-26(13-17-41-31)49-34-28(21-32(46)44(4)23-37)27-14-18-40-30(27)22-29(34)39/h8-14,17-20,22,40H,6-7,15-16,21,23H2,1-5H3,(H,47,48)/b12-11+/t38-/m1/s1. The van der Waals surface area contributed by atoms with Gasteiger partial charge in [0.2, 0.25) is 5.91 Å². The fourth-order valence-electron chi connectivity index (χ4n) is 6.78. The Hall–Kier alpha value is -5.32. The first kappa shape index (κ1) is 33.6. The van der Waals surface area contributed by atoms with Gasteiger partial charge in [0, 0.05) is 67.7 Å². The average Bonchev–Trinajstić information content (AvgIpc) is 3.70. The molecular weight excluding hydrogens is 623 g/mol. The lowest BCUT2D eigenvalue weighted by Crippen LogP contribution is -2.37. The number of aromatic amines is 1. The molecule has 0 radical (unpaired) electrons. The fourth-order valence-corrected chi connectivity index (χ4v) is 6.78. The molecule has 10 nitrogen and oxygen atoms in total. The minimum atomic E-state index is -1.02. The maximum atomic E-state index is 15.7. The van der Waals surface area contributed by atoms with Gasteiger partial charge in [0.15, 0.2) is 23.2 Å². The molecule has 1 amide bonds. The molecule has 1 aliphatic rings. The van der Waals surface area contributed by atoms with Gasteiger partial charge in [-0.1, -0.05) is 51.0 Å². The fraction of sp³-hybridized carbons (Fsp3) is 0.342. The number of aryl methyl sites for hydroxylation is 1. The quantitative estimate of drug-likeness (QED) is 0.194. The molecule has 254 valence electrons. The minimum absolute atomic E-state index is 0.00812. The second-order valence-electron chi connectivity index (χ2n) is 13.9. The molecule has 1 aliphatic heterocycles. The number of rotatable bonds is 3.